The van der Waals surface area contributed by atoms with Crippen molar-refractivity contribution in [2.75, 3.05) is 35.7 Å². The molecule has 2 heterocycles. The maximum absolute atomic E-state index is 12.4. The normalized spacial score (nSPS) is 16.9. The molecular weight excluding hydrogens is 285 g/mol. The number of aromatic nitrogens is 3. The van der Waals surface area contributed by atoms with Gasteiger partial charge in [-0.25, -0.2) is 0 Å². The first-order valence-electron chi connectivity index (χ1n) is 6.89. The van der Waals surface area contributed by atoms with Crippen LogP contribution in [0.5, 0.6) is 0 Å². The molecule has 6 nitrogen and oxygen atoms in total. The van der Waals surface area contributed by atoms with Crippen LogP contribution in [-0.4, -0.2) is 47.3 Å². The zero-order chi connectivity index (χ0) is 15.5. The molecule has 2 N–H and O–H groups in total. The Morgan fingerprint density at radius 1 is 1.14 bits per heavy atom. The van der Waals surface area contributed by atoms with Gasteiger partial charge in [0.25, 0.3) is 0 Å². The van der Waals surface area contributed by atoms with Crippen molar-refractivity contribution in [3.05, 3.63) is 0 Å². The summed E-state index contributed by atoms with van der Waals surface area (Å²) in [6, 6.07) is -0.802. The molecule has 9 heteroatoms. The molecule has 2 rings (SSSR count). The molecule has 0 radical (unpaired) electrons. The van der Waals surface area contributed by atoms with Crippen LogP contribution in [0, 0.1) is 0 Å². The molecule has 0 saturated carbocycles. The fourth-order valence-corrected chi connectivity index (χ4v) is 2.22. The lowest BCUT2D eigenvalue weighted by molar-refractivity contribution is -0.136. The summed E-state index contributed by atoms with van der Waals surface area (Å²) in [5.41, 5.74) is 0. The largest absolute Gasteiger partial charge is 0.391 e. The van der Waals surface area contributed by atoms with Gasteiger partial charge in [-0.3, -0.25) is 0 Å². The van der Waals surface area contributed by atoms with Crippen LogP contribution < -0.4 is 15.5 Å². The van der Waals surface area contributed by atoms with Crippen molar-refractivity contribution >= 4 is 17.8 Å². The fourth-order valence-electron chi connectivity index (χ4n) is 2.22. The third-order valence-electron chi connectivity index (χ3n) is 3.15. The van der Waals surface area contributed by atoms with E-state index in [4.69, 9.17) is 0 Å². The highest BCUT2D eigenvalue weighted by Crippen LogP contribution is 2.23. The van der Waals surface area contributed by atoms with Gasteiger partial charge in [0.05, 0.1) is 6.42 Å². The minimum atomic E-state index is -4.22. The number of nitrogens with zero attached hydrogens (tertiary/aromatic N) is 4. The van der Waals surface area contributed by atoms with Crippen LogP contribution in [-0.2, 0) is 0 Å². The van der Waals surface area contributed by atoms with Gasteiger partial charge in [-0.1, -0.05) is 0 Å². The van der Waals surface area contributed by atoms with Gasteiger partial charge in [-0.15, -0.1) is 0 Å². The lowest BCUT2D eigenvalue weighted by Gasteiger charge is -2.19. The number of hydrogen-bond acceptors (Lipinski definition) is 6. The van der Waals surface area contributed by atoms with Crippen LogP contribution in [0.3, 0.4) is 0 Å². The monoisotopic (exact) mass is 304 g/mol. The summed E-state index contributed by atoms with van der Waals surface area (Å²) < 4.78 is 37.1. The predicted octanol–water partition coefficient (Wildman–Crippen LogP) is 2.27. The molecule has 1 unspecified atom stereocenters. The Balaban J connectivity index is 2.12. The van der Waals surface area contributed by atoms with E-state index in [1.165, 1.54) is 6.92 Å². The van der Waals surface area contributed by atoms with E-state index < -0.39 is 18.6 Å². The number of hydrogen-bond donors (Lipinski definition) is 2. The van der Waals surface area contributed by atoms with E-state index in [-0.39, 0.29) is 5.95 Å². The number of halogens is 3. The average Bonchev–Trinajstić information content (AvgIpc) is 2.89. The summed E-state index contributed by atoms with van der Waals surface area (Å²) >= 11 is 0. The molecule has 1 aromatic rings. The van der Waals surface area contributed by atoms with E-state index in [9.17, 15) is 13.2 Å². The second kappa shape index (κ2) is 6.31. The van der Waals surface area contributed by atoms with Crippen molar-refractivity contribution in [1.82, 2.24) is 15.0 Å². The number of alkyl halides is 3. The summed E-state index contributed by atoms with van der Waals surface area (Å²) in [5.74, 6) is 0.996. The van der Waals surface area contributed by atoms with Gasteiger partial charge in [0, 0.05) is 26.2 Å². The second-order valence-corrected chi connectivity index (χ2v) is 5.09. The third kappa shape index (κ3) is 4.61. The van der Waals surface area contributed by atoms with E-state index in [0.717, 1.165) is 25.9 Å². The van der Waals surface area contributed by atoms with E-state index in [2.05, 4.69) is 25.6 Å². The highest BCUT2D eigenvalue weighted by molar-refractivity contribution is 5.44. The van der Waals surface area contributed by atoms with Crippen molar-refractivity contribution < 1.29 is 13.2 Å². The molecular formula is C12H19F3N6. The maximum Gasteiger partial charge on any atom is 0.391 e. The second-order valence-electron chi connectivity index (χ2n) is 5.09. The number of anilines is 3. The van der Waals surface area contributed by atoms with Gasteiger partial charge < -0.3 is 15.5 Å². The summed E-state index contributed by atoms with van der Waals surface area (Å²) in [5, 5.41) is 5.49. The van der Waals surface area contributed by atoms with Crippen LogP contribution in [0.2, 0.25) is 0 Å². The van der Waals surface area contributed by atoms with Gasteiger partial charge in [0.1, 0.15) is 0 Å². The zero-order valence-electron chi connectivity index (χ0n) is 12.0. The molecule has 1 aromatic heterocycles. The maximum atomic E-state index is 12.4. The molecule has 1 aliphatic rings. The molecule has 0 aliphatic carbocycles. The average molecular weight is 304 g/mol. The SMILES string of the molecule is CNc1nc(NC(C)CC(F)(F)F)nc(N2CCCC2)n1. The van der Waals surface area contributed by atoms with Gasteiger partial charge in [-0.05, 0) is 19.8 Å². The summed E-state index contributed by atoms with van der Waals surface area (Å²) in [6.07, 6.45) is -3.03. The minimum Gasteiger partial charge on any atom is -0.357 e. The predicted molar refractivity (Wildman–Crippen MR) is 74.6 cm³/mol. The molecule has 0 spiro atoms. The number of rotatable bonds is 5. The molecule has 0 bridgehead atoms. The van der Waals surface area contributed by atoms with Crippen LogP contribution in [0.4, 0.5) is 31.0 Å². The Morgan fingerprint density at radius 3 is 2.33 bits per heavy atom. The summed E-state index contributed by atoms with van der Waals surface area (Å²) in [4.78, 5) is 14.5. The molecule has 1 aliphatic heterocycles. The van der Waals surface area contributed by atoms with Crippen molar-refractivity contribution in [3.63, 3.8) is 0 Å². The van der Waals surface area contributed by atoms with E-state index in [0.29, 0.717) is 11.9 Å². The first-order valence-corrected chi connectivity index (χ1v) is 6.89. The van der Waals surface area contributed by atoms with E-state index in [1.54, 1.807) is 7.05 Å². The van der Waals surface area contributed by atoms with Gasteiger partial charge in [0.15, 0.2) is 0 Å². The lowest BCUT2D eigenvalue weighted by atomic mass is 10.2. The van der Waals surface area contributed by atoms with Crippen LogP contribution in [0.25, 0.3) is 0 Å². The molecule has 1 atom stereocenters. The van der Waals surface area contributed by atoms with Gasteiger partial charge >= 0.3 is 6.18 Å². The smallest absolute Gasteiger partial charge is 0.357 e. The van der Waals surface area contributed by atoms with Crippen LogP contribution in [0.15, 0.2) is 0 Å². The minimum absolute atomic E-state index is 0.160. The Bertz CT molecular complexity index is 473. The molecule has 21 heavy (non-hydrogen) atoms. The van der Waals surface area contributed by atoms with Crippen molar-refractivity contribution in [1.29, 1.82) is 0 Å². The molecule has 0 amide bonds. The molecule has 1 saturated heterocycles. The molecule has 1 fully saturated rings. The van der Waals surface area contributed by atoms with Crippen molar-refractivity contribution in [3.8, 4) is 0 Å². The number of nitrogens with one attached hydrogen (secondary N) is 2. The fraction of sp³-hybridized carbons (Fsp3) is 0.750. The highest BCUT2D eigenvalue weighted by Gasteiger charge is 2.30. The Kier molecular flexibility index (Phi) is 4.69. The first kappa shape index (κ1) is 15.6. The van der Waals surface area contributed by atoms with E-state index >= 15 is 0 Å². The summed E-state index contributed by atoms with van der Waals surface area (Å²) in [7, 11) is 1.66. The first-order chi connectivity index (χ1) is 9.87. The van der Waals surface area contributed by atoms with Crippen LogP contribution >= 0.6 is 0 Å². The standard InChI is InChI=1S/C12H19F3N6/c1-8(7-12(13,14)15)17-10-18-9(16-2)19-11(20-10)21-5-3-4-6-21/h8H,3-7H2,1-2H3,(H2,16,17,18,19,20). The van der Waals surface area contributed by atoms with E-state index in [1.807, 2.05) is 4.90 Å². The Hall–Kier alpha value is -1.80. The molecule has 118 valence electrons. The lowest BCUT2D eigenvalue weighted by Crippen LogP contribution is -2.26. The highest BCUT2D eigenvalue weighted by atomic mass is 19.4. The summed E-state index contributed by atoms with van der Waals surface area (Å²) in [6.45, 7) is 3.15. The zero-order valence-corrected chi connectivity index (χ0v) is 12.0. The Morgan fingerprint density at radius 2 is 1.76 bits per heavy atom. The molecule has 0 aromatic carbocycles. The van der Waals surface area contributed by atoms with Gasteiger partial charge in [0.2, 0.25) is 17.8 Å². The topological polar surface area (TPSA) is 66.0 Å². The van der Waals surface area contributed by atoms with Crippen LogP contribution in [0.1, 0.15) is 26.2 Å². The quantitative estimate of drug-likeness (QED) is 0.870. The van der Waals surface area contributed by atoms with Gasteiger partial charge in [-0.2, -0.15) is 28.1 Å². The van der Waals surface area contributed by atoms with Crippen molar-refractivity contribution in [2.24, 2.45) is 0 Å². The Labute approximate surface area is 121 Å². The third-order valence-corrected chi connectivity index (χ3v) is 3.15. The van der Waals surface area contributed by atoms with Crippen molar-refractivity contribution in [2.45, 2.75) is 38.4 Å².